The lowest BCUT2D eigenvalue weighted by molar-refractivity contribution is 0.0916. The molecule has 0 aliphatic heterocycles. The summed E-state index contributed by atoms with van der Waals surface area (Å²) in [5.74, 6) is 0.352. The zero-order valence-electron chi connectivity index (χ0n) is 15.2. The van der Waals surface area contributed by atoms with E-state index in [0.717, 1.165) is 11.4 Å². The molecule has 2 N–H and O–H groups in total. The van der Waals surface area contributed by atoms with Crippen molar-refractivity contribution in [3.05, 3.63) is 69.1 Å². The number of aliphatic hydroxyl groups excluding tert-OH is 1. The van der Waals surface area contributed by atoms with Gasteiger partial charge < -0.3 is 15.0 Å². The highest BCUT2D eigenvalue weighted by Crippen LogP contribution is 2.24. The molecule has 0 spiro atoms. The Kier molecular flexibility index (Phi) is 5.60. The number of halogens is 2. The lowest BCUT2D eigenvalue weighted by Crippen LogP contribution is -2.29. The Morgan fingerprint density at radius 3 is 2.37 bits per heavy atom. The molecule has 27 heavy (non-hydrogen) atoms. The zero-order valence-corrected chi connectivity index (χ0v) is 16.7. The minimum Gasteiger partial charge on any atom is -0.387 e. The molecule has 0 fully saturated rings. The number of aryl methyl sites for hydroxylation is 3. The summed E-state index contributed by atoms with van der Waals surface area (Å²) >= 11 is 11.9. The molecule has 0 bridgehead atoms. The van der Waals surface area contributed by atoms with Crippen molar-refractivity contribution in [3.8, 4) is 5.82 Å². The Labute approximate surface area is 167 Å². The second kappa shape index (κ2) is 7.76. The van der Waals surface area contributed by atoms with Gasteiger partial charge in [-0.25, -0.2) is 0 Å². The Balaban J connectivity index is 1.80. The van der Waals surface area contributed by atoms with Crippen molar-refractivity contribution in [2.75, 3.05) is 6.54 Å². The molecule has 2 heterocycles. The summed E-state index contributed by atoms with van der Waals surface area (Å²) in [5.41, 5.74) is 2.96. The molecule has 0 aliphatic carbocycles. The van der Waals surface area contributed by atoms with Crippen LogP contribution in [0, 0.1) is 13.8 Å². The van der Waals surface area contributed by atoms with Crippen LogP contribution in [0.2, 0.25) is 10.0 Å². The number of carbonyl (C=O) groups excluding carboxylic acids is 1. The van der Waals surface area contributed by atoms with Crippen LogP contribution < -0.4 is 5.32 Å². The molecule has 3 rings (SSSR count). The summed E-state index contributed by atoms with van der Waals surface area (Å²) in [6.07, 6.45) is 0.590. The summed E-state index contributed by atoms with van der Waals surface area (Å²) in [6.45, 7) is 3.95. The van der Waals surface area contributed by atoms with E-state index in [1.807, 2.05) is 30.5 Å². The van der Waals surface area contributed by atoms with Crippen molar-refractivity contribution < 1.29 is 9.90 Å². The van der Waals surface area contributed by atoms with Gasteiger partial charge in [0.1, 0.15) is 11.4 Å². The highest BCUT2D eigenvalue weighted by molar-refractivity contribution is 6.34. The van der Waals surface area contributed by atoms with E-state index < -0.39 is 6.10 Å². The fraction of sp³-hybridized carbons (Fsp3) is 0.263. The molecular weight excluding hydrogens is 387 g/mol. The number of nitrogens with zero attached hydrogens (tertiary/aromatic N) is 3. The van der Waals surface area contributed by atoms with Gasteiger partial charge in [0.25, 0.3) is 5.91 Å². The Hall–Kier alpha value is -2.28. The van der Waals surface area contributed by atoms with Gasteiger partial charge in [-0.05, 0) is 49.7 Å². The number of aromatic nitrogens is 3. The number of carbonyl (C=O) groups is 1. The van der Waals surface area contributed by atoms with Crippen LogP contribution in [0.1, 0.15) is 33.4 Å². The fourth-order valence-electron chi connectivity index (χ4n) is 3.03. The molecule has 1 unspecified atom stereocenters. The molecule has 1 aromatic carbocycles. The molecule has 2 aromatic heterocycles. The largest absolute Gasteiger partial charge is 0.387 e. The number of hydrogen-bond acceptors (Lipinski definition) is 3. The molecule has 0 saturated heterocycles. The van der Waals surface area contributed by atoms with Gasteiger partial charge in [0.15, 0.2) is 0 Å². The standard InChI is InChI=1S/C19H20Cl2N4O2/c1-11-4-5-12(2)25(11)19-16(9-23-24(19)3)18(27)22-10-17(26)13-6-14(20)8-15(21)7-13/h4-9,17,26H,10H2,1-3H3,(H,22,27). The molecule has 8 heteroatoms. The van der Waals surface area contributed by atoms with Crippen molar-refractivity contribution in [2.24, 2.45) is 7.05 Å². The monoisotopic (exact) mass is 406 g/mol. The molecule has 1 amide bonds. The van der Waals surface area contributed by atoms with Crippen molar-refractivity contribution in [1.82, 2.24) is 19.7 Å². The molecule has 0 radical (unpaired) electrons. The number of aliphatic hydroxyl groups is 1. The van der Waals surface area contributed by atoms with E-state index in [9.17, 15) is 9.90 Å². The number of amides is 1. The molecule has 0 saturated carbocycles. The van der Waals surface area contributed by atoms with E-state index in [4.69, 9.17) is 23.2 Å². The summed E-state index contributed by atoms with van der Waals surface area (Å²) in [5, 5.41) is 18.2. The molecule has 1 atom stereocenters. The molecule has 0 aliphatic rings. The maximum atomic E-state index is 12.7. The Bertz CT molecular complexity index is 954. The number of nitrogens with one attached hydrogen (secondary N) is 1. The van der Waals surface area contributed by atoms with Crippen LogP contribution in [-0.2, 0) is 7.05 Å². The van der Waals surface area contributed by atoms with E-state index in [-0.39, 0.29) is 12.5 Å². The topological polar surface area (TPSA) is 72.1 Å². The van der Waals surface area contributed by atoms with E-state index in [0.29, 0.717) is 27.0 Å². The van der Waals surface area contributed by atoms with Crippen LogP contribution in [-0.4, -0.2) is 31.9 Å². The Morgan fingerprint density at radius 1 is 1.19 bits per heavy atom. The predicted molar refractivity (Wildman–Crippen MR) is 106 cm³/mol. The summed E-state index contributed by atoms with van der Waals surface area (Å²) in [7, 11) is 1.79. The van der Waals surface area contributed by atoms with E-state index >= 15 is 0 Å². The lowest BCUT2D eigenvalue weighted by Gasteiger charge is -2.15. The maximum absolute atomic E-state index is 12.7. The van der Waals surface area contributed by atoms with Gasteiger partial charge in [0.2, 0.25) is 0 Å². The van der Waals surface area contributed by atoms with Crippen molar-refractivity contribution in [1.29, 1.82) is 0 Å². The quantitative estimate of drug-likeness (QED) is 0.679. The van der Waals surface area contributed by atoms with Gasteiger partial charge in [0, 0.05) is 35.0 Å². The molecule has 142 valence electrons. The molecule has 3 aromatic rings. The van der Waals surface area contributed by atoms with E-state index in [1.54, 1.807) is 29.9 Å². The number of benzene rings is 1. The first-order valence-electron chi connectivity index (χ1n) is 8.37. The van der Waals surface area contributed by atoms with Crippen molar-refractivity contribution >= 4 is 29.1 Å². The van der Waals surface area contributed by atoms with Crippen molar-refractivity contribution in [3.63, 3.8) is 0 Å². The first-order valence-corrected chi connectivity index (χ1v) is 9.13. The summed E-state index contributed by atoms with van der Waals surface area (Å²) < 4.78 is 3.62. The van der Waals surface area contributed by atoms with Gasteiger partial charge in [-0.15, -0.1) is 0 Å². The third-order valence-electron chi connectivity index (χ3n) is 4.36. The van der Waals surface area contributed by atoms with Crippen LogP contribution in [0.5, 0.6) is 0 Å². The smallest absolute Gasteiger partial charge is 0.256 e. The number of hydrogen-bond donors (Lipinski definition) is 2. The van der Waals surface area contributed by atoms with Crippen LogP contribution in [0.15, 0.2) is 36.5 Å². The average Bonchev–Trinajstić information content (AvgIpc) is 3.13. The maximum Gasteiger partial charge on any atom is 0.256 e. The molecular formula is C19H20Cl2N4O2. The highest BCUT2D eigenvalue weighted by Gasteiger charge is 2.20. The fourth-order valence-corrected chi connectivity index (χ4v) is 3.57. The van der Waals surface area contributed by atoms with Gasteiger partial charge in [-0.3, -0.25) is 9.48 Å². The first kappa shape index (κ1) is 19.5. The van der Waals surface area contributed by atoms with Gasteiger partial charge in [-0.1, -0.05) is 23.2 Å². The number of rotatable bonds is 5. The van der Waals surface area contributed by atoms with Crippen molar-refractivity contribution in [2.45, 2.75) is 20.0 Å². The van der Waals surface area contributed by atoms with Crippen LogP contribution in [0.3, 0.4) is 0 Å². The minimum absolute atomic E-state index is 0.0213. The second-order valence-corrected chi connectivity index (χ2v) is 7.26. The SMILES string of the molecule is Cc1ccc(C)n1-c1c(C(=O)NCC(O)c2cc(Cl)cc(Cl)c2)cnn1C. The zero-order chi connectivity index (χ0) is 19.7. The third kappa shape index (κ3) is 4.03. The third-order valence-corrected chi connectivity index (χ3v) is 4.80. The van der Waals surface area contributed by atoms with Crippen LogP contribution in [0.4, 0.5) is 0 Å². The van der Waals surface area contributed by atoms with E-state index in [1.165, 1.54) is 6.20 Å². The minimum atomic E-state index is -0.930. The van der Waals surface area contributed by atoms with Crippen LogP contribution >= 0.6 is 23.2 Å². The highest BCUT2D eigenvalue weighted by atomic mass is 35.5. The molecule has 6 nitrogen and oxygen atoms in total. The first-order chi connectivity index (χ1) is 12.8. The second-order valence-electron chi connectivity index (χ2n) is 6.39. The van der Waals surface area contributed by atoms with Gasteiger partial charge in [0.05, 0.1) is 12.3 Å². The van der Waals surface area contributed by atoms with E-state index in [2.05, 4.69) is 10.4 Å². The summed E-state index contributed by atoms with van der Waals surface area (Å²) in [6, 6.07) is 8.79. The van der Waals surface area contributed by atoms with Crippen LogP contribution in [0.25, 0.3) is 5.82 Å². The Morgan fingerprint density at radius 2 is 1.78 bits per heavy atom. The average molecular weight is 407 g/mol. The van der Waals surface area contributed by atoms with Gasteiger partial charge >= 0.3 is 0 Å². The predicted octanol–water partition coefficient (Wildman–Crippen LogP) is 3.60. The summed E-state index contributed by atoms with van der Waals surface area (Å²) in [4.78, 5) is 12.7. The lowest BCUT2D eigenvalue weighted by atomic mass is 10.1. The van der Waals surface area contributed by atoms with Gasteiger partial charge in [-0.2, -0.15) is 5.10 Å². The normalized spacial score (nSPS) is 12.2.